The van der Waals surface area contributed by atoms with Crippen molar-refractivity contribution in [2.24, 2.45) is 0 Å². The van der Waals surface area contributed by atoms with E-state index >= 15 is 0 Å². The average molecular weight is 299 g/mol. The van der Waals surface area contributed by atoms with Gasteiger partial charge in [-0.05, 0) is 42.2 Å². The molecular formula is C16H11ClN2O2. The number of halogens is 1. The summed E-state index contributed by atoms with van der Waals surface area (Å²) in [5.41, 5.74) is 2.84. The van der Waals surface area contributed by atoms with Crippen LogP contribution in [0.1, 0.15) is 44.3 Å². The van der Waals surface area contributed by atoms with Crippen molar-refractivity contribution >= 4 is 23.4 Å². The van der Waals surface area contributed by atoms with Gasteiger partial charge in [-0.1, -0.05) is 23.7 Å². The minimum Gasteiger partial charge on any atom is -0.269 e. The van der Waals surface area contributed by atoms with Gasteiger partial charge in [0.25, 0.3) is 11.8 Å². The molecule has 0 saturated heterocycles. The van der Waals surface area contributed by atoms with Gasteiger partial charge < -0.3 is 0 Å². The molecule has 104 valence electrons. The smallest absolute Gasteiger partial charge is 0.262 e. The molecule has 1 aromatic carbocycles. The number of hydrogen-bond donors (Lipinski definition) is 0. The highest BCUT2D eigenvalue weighted by molar-refractivity contribution is 6.30. The minimum absolute atomic E-state index is 0.221. The lowest BCUT2D eigenvalue weighted by Gasteiger charge is -2.22. The second kappa shape index (κ2) is 4.40. The lowest BCUT2D eigenvalue weighted by molar-refractivity contribution is 0.0582. The number of carbonyl (C=O) groups is 2. The number of amides is 2. The zero-order valence-corrected chi connectivity index (χ0v) is 11.8. The Bertz CT molecular complexity index is 753. The summed E-state index contributed by atoms with van der Waals surface area (Å²) in [5.74, 6) is -0.442. The molecule has 0 bridgehead atoms. The van der Waals surface area contributed by atoms with E-state index in [9.17, 15) is 9.59 Å². The Hall–Kier alpha value is -2.20. The molecule has 0 saturated carbocycles. The summed E-state index contributed by atoms with van der Waals surface area (Å²) in [6.45, 7) is 0. The fraction of sp³-hybridized carbons (Fsp3) is 0.188. The molecule has 0 fully saturated rings. The molecule has 1 aliphatic heterocycles. The fourth-order valence-electron chi connectivity index (χ4n) is 3.24. The molecule has 2 amide bonds. The predicted octanol–water partition coefficient (Wildman–Crippen LogP) is 3.02. The molecular weight excluding hydrogens is 288 g/mol. The Morgan fingerprint density at radius 1 is 1.10 bits per heavy atom. The molecule has 2 aliphatic rings. The van der Waals surface area contributed by atoms with Gasteiger partial charge in [-0.3, -0.25) is 14.5 Å². The van der Waals surface area contributed by atoms with Crippen molar-refractivity contribution in [3.63, 3.8) is 0 Å². The monoisotopic (exact) mass is 298 g/mol. The van der Waals surface area contributed by atoms with Crippen molar-refractivity contribution in [2.75, 3.05) is 0 Å². The fourth-order valence-corrected chi connectivity index (χ4v) is 3.50. The normalized spacial score (nSPS) is 19.9. The highest BCUT2D eigenvalue weighted by Gasteiger charge is 2.42. The second-order valence-electron chi connectivity index (χ2n) is 5.25. The summed E-state index contributed by atoms with van der Waals surface area (Å²) in [7, 11) is 0. The van der Waals surface area contributed by atoms with E-state index in [1.54, 1.807) is 30.5 Å². The van der Waals surface area contributed by atoms with Gasteiger partial charge in [0.2, 0.25) is 0 Å². The number of aromatic nitrogens is 1. The van der Waals surface area contributed by atoms with Crippen LogP contribution in [0.3, 0.4) is 0 Å². The van der Waals surface area contributed by atoms with Crippen LogP contribution >= 0.6 is 11.6 Å². The molecule has 5 heteroatoms. The van der Waals surface area contributed by atoms with Crippen LogP contribution in [0.15, 0.2) is 36.5 Å². The minimum atomic E-state index is -0.243. The molecule has 2 aromatic rings. The number of rotatable bonds is 1. The first-order valence-electron chi connectivity index (χ1n) is 6.78. The van der Waals surface area contributed by atoms with E-state index in [1.165, 1.54) is 4.90 Å². The van der Waals surface area contributed by atoms with Crippen molar-refractivity contribution in [3.05, 3.63) is 63.9 Å². The van der Waals surface area contributed by atoms with E-state index in [-0.39, 0.29) is 17.9 Å². The highest BCUT2D eigenvalue weighted by Crippen LogP contribution is 2.41. The van der Waals surface area contributed by atoms with Crippen molar-refractivity contribution in [1.82, 2.24) is 9.88 Å². The van der Waals surface area contributed by atoms with Gasteiger partial charge in [0.1, 0.15) is 5.15 Å². The summed E-state index contributed by atoms with van der Waals surface area (Å²) >= 11 is 6.10. The SMILES string of the molecule is O=C1c2ccccc2C(=O)N1C1CCc2c1ccnc2Cl. The van der Waals surface area contributed by atoms with E-state index in [0.29, 0.717) is 22.7 Å². The summed E-state index contributed by atoms with van der Waals surface area (Å²) < 4.78 is 0. The van der Waals surface area contributed by atoms with E-state index in [2.05, 4.69) is 4.98 Å². The van der Waals surface area contributed by atoms with Crippen LogP contribution in [0.2, 0.25) is 5.15 Å². The van der Waals surface area contributed by atoms with Crippen LogP contribution in [0, 0.1) is 0 Å². The largest absolute Gasteiger partial charge is 0.269 e. The van der Waals surface area contributed by atoms with Gasteiger partial charge in [0, 0.05) is 6.20 Å². The quantitative estimate of drug-likeness (QED) is 0.600. The molecule has 1 aromatic heterocycles. The van der Waals surface area contributed by atoms with E-state index < -0.39 is 0 Å². The number of nitrogens with zero attached hydrogens (tertiary/aromatic N) is 2. The zero-order valence-electron chi connectivity index (χ0n) is 11.0. The topological polar surface area (TPSA) is 50.3 Å². The van der Waals surface area contributed by atoms with Gasteiger partial charge in [-0.25, -0.2) is 4.98 Å². The van der Waals surface area contributed by atoms with E-state index in [4.69, 9.17) is 11.6 Å². The first-order valence-corrected chi connectivity index (χ1v) is 7.16. The molecule has 0 spiro atoms. The summed E-state index contributed by atoms with van der Waals surface area (Å²) in [6, 6.07) is 8.56. The molecule has 1 atom stereocenters. The van der Waals surface area contributed by atoms with Gasteiger partial charge in [-0.15, -0.1) is 0 Å². The maximum Gasteiger partial charge on any atom is 0.262 e. The molecule has 4 nitrogen and oxygen atoms in total. The van der Waals surface area contributed by atoms with Crippen molar-refractivity contribution in [2.45, 2.75) is 18.9 Å². The Balaban J connectivity index is 1.80. The van der Waals surface area contributed by atoms with Gasteiger partial charge in [0.05, 0.1) is 17.2 Å². The number of fused-ring (bicyclic) bond motifs is 2. The number of hydrogen-bond acceptors (Lipinski definition) is 3. The molecule has 21 heavy (non-hydrogen) atoms. The van der Waals surface area contributed by atoms with E-state index in [0.717, 1.165) is 17.5 Å². The standard InChI is InChI=1S/C16H11ClN2O2/c17-14-10-5-6-13(9(10)7-8-18-14)19-15(20)11-3-1-2-4-12(11)16(19)21/h1-4,7-8,13H,5-6H2. The summed E-state index contributed by atoms with van der Waals surface area (Å²) in [5, 5.41) is 0.464. The van der Waals surface area contributed by atoms with Crippen LogP contribution in [0.4, 0.5) is 0 Å². The van der Waals surface area contributed by atoms with Crippen LogP contribution in [0.5, 0.6) is 0 Å². The van der Waals surface area contributed by atoms with Crippen LogP contribution in [-0.2, 0) is 6.42 Å². The van der Waals surface area contributed by atoms with Gasteiger partial charge in [-0.2, -0.15) is 0 Å². The Kier molecular flexibility index (Phi) is 2.62. The number of pyridine rings is 1. The Morgan fingerprint density at radius 3 is 2.43 bits per heavy atom. The van der Waals surface area contributed by atoms with Gasteiger partial charge >= 0.3 is 0 Å². The lowest BCUT2D eigenvalue weighted by Crippen LogP contribution is -2.33. The van der Waals surface area contributed by atoms with Crippen molar-refractivity contribution in [3.8, 4) is 0 Å². The molecule has 0 N–H and O–H groups in total. The molecule has 2 heterocycles. The summed E-state index contributed by atoms with van der Waals surface area (Å²) in [6.07, 6.45) is 3.06. The third-order valence-electron chi connectivity index (χ3n) is 4.20. The molecule has 4 rings (SSSR count). The Labute approximate surface area is 126 Å². The van der Waals surface area contributed by atoms with Crippen LogP contribution in [0.25, 0.3) is 0 Å². The number of benzene rings is 1. The maximum absolute atomic E-state index is 12.5. The zero-order chi connectivity index (χ0) is 14.6. The molecule has 1 aliphatic carbocycles. The predicted molar refractivity (Wildman–Crippen MR) is 77.3 cm³/mol. The van der Waals surface area contributed by atoms with Crippen molar-refractivity contribution in [1.29, 1.82) is 0 Å². The number of carbonyl (C=O) groups excluding carboxylic acids is 2. The first-order chi connectivity index (χ1) is 10.2. The summed E-state index contributed by atoms with van der Waals surface area (Å²) in [4.78, 5) is 30.5. The molecule has 1 unspecified atom stereocenters. The number of imide groups is 1. The maximum atomic E-state index is 12.5. The lowest BCUT2D eigenvalue weighted by atomic mass is 10.1. The van der Waals surface area contributed by atoms with Crippen LogP contribution in [-0.4, -0.2) is 21.7 Å². The second-order valence-corrected chi connectivity index (χ2v) is 5.61. The third kappa shape index (κ3) is 1.66. The average Bonchev–Trinajstić information content (AvgIpc) is 3.02. The molecule has 0 radical (unpaired) electrons. The van der Waals surface area contributed by atoms with Gasteiger partial charge in [0.15, 0.2) is 0 Å². The highest BCUT2D eigenvalue weighted by atomic mass is 35.5. The Morgan fingerprint density at radius 2 is 1.76 bits per heavy atom. The van der Waals surface area contributed by atoms with E-state index in [1.807, 2.05) is 6.07 Å². The third-order valence-corrected chi connectivity index (χ3v) is 4.53. The van der Waals surface area contributed by atoms with Crippen molar-refractivity contribution < 1.29 is 9.59 Å². The first kappa shape index (κ1) is 12.5. The van der Waals surface area contributed by atoms with Crippen LogP contribution < -0.4 is 0 Å².